The lowest BCUT2D eigenvalue weighted by molar-refractivity contribution is -0.126. The Morgan fingerprint density at radius 2 is 1.62 bits per heavy atom. The van der Waals surface area contributed by atoms with Crippen molar-refractivity contribution in [3.05, 3.63) is 71.8 Å². The van der Waals surface area contributed by atoms with Gasteiger partial charge >= 0.3 is 0 Å². The first-order valence-corrected chi connectivity index (χ1v) is 18.2. The maximum Gasteiger partial charge on any atom is 0.237 e. The highest BCUT2D eigenvalue weighted by Gasteiger charge is 2.42. The molecule has 2 aliphatic heterocycles. The largest absolute Gasteiger partial charge is 0.379 e. The van der Waals surface area contributed by atoms with Gasteiger partial charge in [0.1, 0.15) is 18.6 Å². The van der Waals surface area contributed by atoms with Crippen LogP contribution in [0.1, 0.15) is 70.0 Å². The molecule has 4 N–H and O–H groups in total. The fourth-order valence-electron chi connectivity index (χ4n) is 6.60. The van der Waals surface area contributed by atoms with Crippen LogP contribution in [0.3, 0.4) is 0 Å². The summed E-state index contributed by atoms with van der Waals surface area (Å²) in [6, 6.07) is 17.5. The minimum absolute atomic E-state index is 0.0510. The molecule has 2 heterocycles. The van der Waals surface area contributed by atoms with Gasteiger partial charge in [0.25, 0.3) is 0 Å². The van der Waals surface area contributed by atoms with E-state index < -0.39 is 18.1 Å². The van der Waals surface area contributed by atoms with E-state index in [0.29, 0.717) is 58.6 Å². The number of nitrogens with zero attached hydrogens (tertiary/aromatic N) is 1. The Kier molecular flexibility index (Phi) is 16.0. The molecule has 2 fully saturated rings. The smallest absolute Gasteiger partial charge is 0.237 e. The minimum atomic E-state index is -0.866. The van der Waals surface area contributed by atoms with Crippen molar-refractivity contribution in [2.45, 2.75) is 95.1 Å². The van der Waals surface area contributed by atoms with Crippen LogP contribution in [0.15, 0.2) is 60.7 Å². The van der Waals surface area contributed by atoms with Crippen molar-refractivity contribution >= 4 is 24.4 Å². The fourth-order valence-corrected chi connectivity index (χ4v) is 6.60. The number of nitrogens with one attached hydrogen (secondary N) is 4. The first-order chi connectivity index (χ1) is 24.2. The number of aryl methyl sites for hydroxylation is 1. The number of carbonyl (C=O) groups excluding carboxylic acids is 4. The molecule has 2 aromatic carbocycles. The van der Waals surface area contributed by atoms with Crippen LogP contribution in [-0.4, -0.2) is 105 Å². The molecule has 50 heavy (non-hydrogen) atoms. The molecule has 274 valence electrons. The Bertz CT molecular complexity index is 1320. The summed E-state index contributed by atoms with van der Waals surface area (Å²) >= 11 is 0. The maximum atomic E-state index is 13.9. The van der Waals surface area contributed by atoms with Crippen LogP contribution in [0.2, 0.25) is 0 Å². The number of benzene rings is 2. The Labute approximate surface area is 297 Å². The lowest BCUT2D eigenvalue weighted by Gasteiger charge is -2.33. The van der Waals surface area contributed by atoms with E-state index in [0.717, 1.165) is 44.1 Å². The summed E-state index contributed by atoms with van der Waals surface area (Å²) in [6.07, 6.45) is 5.77. The van der Waals surface area contributed by atoms with E-state index in [1.165, 1.54) is 5.56 Å². The van der Waals surface area contributed by atoms with Gasteiger partial charge in [-0.1, -0.05) is 80.9 Å². The van der Waals surface area contributed by atoms with Gasteiger partial charge in [0.05, 0.1) is 44.1 Å². The SMILES string of the molecule is CCCC(NC[C@H](CCc1ccccc1)NC(=O)CN1CCOCC1)C(=O)NC(C=O)[C@@H](NC(C[C@H](C)C=O)C[C@]1(C)CO1)c1ccccc1. The summed E-state index contributed by atoms with van der Waals surface area (Å²) in [6.45, 7) is 9.98. The zero-order chi connectivity index (χ0) is 35.8. The van der Waals surface area contributed by atoms with Crippen molar-refractivity contribution in [3.8, 4) is 0 Å². The summed E-state index contributed by atoms with van der Waals surface area (Å²) < 4.78 is 11.1. The predicted molar refractivity (Wildman–Crippen MR) is 194 cm³/mol. The molecule has 2 saturated heterocycles. The second-order valence-electron chi connectivity index (χ2n) is 14.1. The number of ether oxygens (including phenoxy) is 2. The molecular formula is C39H57N5O6. The van der Waals surface area contributed by atoms with E-state index in [2.05, 4.69) is 38.3 Å². The molecule has 3 unspecified atom stereocenters. The lowest BCUT2D eigenvalue weighted by atomic mass is 9.91. The van der Waals surface area contributed by atoms with E-state index in [1.807, 2.05) is 69.3 Å². The number of morpholine rings is 1. The summed E-state index contributed by atoms with van der Waals surface area (Å²) in [5.74, 6) is -0.508. The van der Waals surface area contributed by atoms with E-state index >= 15 is 0 Å². The lowest BCUT2D eigenvalue weighted by Crippen LogP contribution is -2.55. The predicted octanol–water partition coefficient (Wildman–Crippen LogP) is 2.98. The number of carbonyl (C=O) groups is 4. The highest BCUT2D eigenvalue weighted by Crippen LogP contribution is 2.33. The van der Waals surface area contributed by atoms with E-state index in [-0.39, 0.29) is 35.4 Å². The monoisotopic (exact) mass is 691 g/mol. The first kappa shape index (κ1) is 39.3. The van der Waals surface area contributed by atoms with Gasteiger partial charge in [-0.3, -0.25) is 14.5 Å². The molecule has 2 aromatic rings. The van der Waals surface area contributed by atoms with Crippen LogP contribution in [0.4, 0.5) is 0 Å². The number of amides is 2. The summed E-state index contributed by atoms with van der Waals surface area (Å²) in [5, 5.41) is 13.3. The number of rotatable bonds is 23. The molecule has 2 amide bonds. The van der Waals surface area contributed by atoms with Gasteiger partial charge in [0.15, 0.2) is 0 Å². The third-order valence-electron chi connectivity index (χ3n) is 9.56. The van der Waals surface area contributed by atoms with Crippen LogP contribution >= 0.6 is 0 Å². The van der Waals surface area contributed by atoms with Crippen LogP contribution in [0, 0.1) is 5.92 Å². The molecule has 11 heteroatoms. The summed E-state index contributed by atoms with van der Waals surface area (Å²) in [5.41, 5.74) is 1.77. The highest BCUT2D eigenvalue weighted by atomic mass is 16.6. The molecule has 7 atom stereocenters. The zero-order valence-corrected chi connectivity index (χ0v) is 30.0. The molecule has 0 spiro atoms. The zero-order valence-electron chi connectivity index (χ0n) is 30.0. The van der Waals surface area contributed by atoms with Gasteiger partial charge < -0.3 is 40.3 Å². The van der Waals surface area contributed by atoms with Gasteiger partial charge in [0.2, 0.25) is 11.8 Å². The Hall–Kier alpha value is -3.48. The third kappa shape index (κ3) is 13.3. The van der Waals surface area contributed by atoms with Crippen LogP contribution < -0.4 is 21.3 Å². The van der Waals surface area contributed by atoms with Gasteiger partial charge in [-0.15, -0.1) is 0 Å². The maximum absolute atomic E-state index is 13.9. The van der Waals surface area contributed by atoms with Crippen LogP contribution in [0.5, 0.6) is 0 Å². The quantitative estimate of drug-likeness (QED) is 0.102. The topological polar surface area (TPSA) is 141 Å². The van der Waals surface area contributed by atoms with Gasteiger partial charge in [-0.05, 0) is 50.2 Å². The number of epoxide rings is 1. The number of hydrogen-bond donors (Lipinski definition) is 4. The van der Waals surface area contributed by atoms with Crippen LogP contribution in [-0.2, 0) is 35.1 Å². The van der Waals surface area contributed by atoms with Crippen molar-refractivity contribution in [1.29, 1.82) is 0 Å². The first-order valence-electron chi connectivity index (χ1n) is 18.2. The average Bonchev–Trinajstić information content (AvgIpc) is 3.86. The summed E-state index contributed by atoms with van der Waals surface area (Å²) in [7, 11) is 0. The van der Waals surface area contributed by atoms with Crippen molar-refractivity contribution in [2.75, 3.05) is 46.0 Å². The molecule has 2 aliphatic rings. The van der Waals surface area contributed by atoms with Crippen molar-refractivity contribution in [2.24, 2.45) is 5.92 Å². The van der Waals surface area contributed by atoms with Gasteiger partial charge in [0, 0.05) is 37.6 Å². The van der Waals surface area contributed by atoms with E-state index in [9.17, 15) is 19.2 Å². The fraction of sp³-hybridized carbons (Fsp3) is 0.590. The van der Waals surface area contributed by atoms with Crippen molar-refractivity contribution in [3.63, 3.8) is 0 Å². The van der Waals surface area contributed by atoms with Gasteiger partial charge in [-0.2, -0.15) is 0 Å². The standard InChI is InChI=1S/C39H57N5O6/c1-4-11-34(40-24-32(17-16-30-12-7-5-8-13-30)41-36(47)25-44-18-20-49-21-19-44)38(48)43-35(27-46)37(31-14-9-6-10-15-31)42-33(22-29(2)26-45)23-39(3)28-50-39/h5-10,12-15,26-27,29,32-35,37,40,42H,4,11,16-25,28H2,1-3H3,(H,41,47)(H,43,48)/t29-,32-,33?,34?,35?,37-,39+/m0/s1. The van der Waals surface area contributed by atoms with Crippen molar-refractivity contribution < 1.29 is 28.7 Å². The Morgan fingerprint density at radius 3 is 2.24 bits per heavy atom. The normalized spacial score (nSPS) is 21.2. The molecule has 0 radical (unpaired) electrons. The van der Waals surface area contributed by atoms with E-state index in [1.54, 1.807) is 0 Å². The highest BCUT2D eigenvalue weighted by molar-refractivity contribution is 5.84. The number of aldehydes is 2. The average molecular weight is 692 g/mol. The minimum Gasteiger partial charge on any atom is -0.379 e. The second-order valence-corrected chi connectivity index (χ2v) is 14.1. The second kappa shape index (κ2) is 20.4. The molecule has 11 nitrogen and oxygen atoms in total. The third-order valence-corrected chi connectivity index (χ3v) is 9.56. The van der Waals surface area contributed by atoms with Gasteiger partial charge in [-0.25, -0.2) is 0 Å². The molecule has 4 rings (SSSR count). The summed E-state index contributed by atoms with van der Waals surface area (Å²) in [4.78, 5) is 53.5. The Morgan fingerprint density at radius 1 is 0.940 bits per heavy atom. The van der Waals surface area contributed by atoms with E-state index in [4.69, 9.17) is 9.47 Å². The molecule has 0 saturated carbocycles. The van der Waals surface area contributed by atoms with Crippen LogP contribution in [0.25, 0.3) is 0 Å². The molecular weight excluding hydrogens is 634 g/mol. The molecule has 0 bridgehead atoms. The Balaban J connectivity index is 1.45. The molecule has 0 aromatic heterocycles. The molecule has 0 aliphatic carbocycles. The number of hydrogen-bond acceptors (Lipinski definition) is 9. The van der Waals surface area contributed by atoms with Crippen molar-refractivity contribution in [1.82, 2.24) is 26.2 Å².